The van der Waals surface area contributed by atoms with Crippen LogP contribution in [0.1, 0.15) is 45.6 Å². The quantitative estimate of drug-likeness (QED) is 0.851. The number of piperidine rings is 1. The van der Waals surface area contributed by atoms with Gasteiger partial charge in [-0.05, 0) is 51.8 Å². The van der Waals surface area contributed by atoms with Crippen LogP contribution in [0.5, 0.6) is 0 Å². The number of nitrogens with zero attached hydrogens (tertiary/aromatic N) is 2. The van der Waals surface area contributed by atoms with Crippen LogP contribution in [0.3, 0.4) is 0 Å². The summed E-state index contributed by atoms with van der Waals surface area (Å²) in [5.74, 6) is 0. The van der Waals surface area contributed by atoms with Gasteiger partial charge in [0.15, 0.2) is 0 Å². The van der Waals surface area contributed by atoms with Gasteiger partial charge in [0.05, 0.1) is 0 Å². The van der Waals surface area contributed by atoms with Crippen molar-refractivity contribution in [3.63, 3.8) is 0 Å². The molecule has 0 bridgehead atoms. The molecule has 1 aliphatic rings. The average molecular weight is 340 g/mol. The maximum atomic E-state index is 11.8. The summed E-state index contributed by atoms with van der Waals surface area (Å²) in [4.78, 5) is 18.4. The summed E-state index contributed by atoms with van der Waals surface area (Å²) in [5.41, 5.74) is 0.671. The van der Waals surface area contributed by atoms with Crippen LogP contribution in [0.2, 0.25) is 5.15 Å². The second-order valence-electron chi connectivity index (χ2n) is 6.99. The van der Waals surface area contributed by atoms with Crippen molar-refractivity contribution in [3.8, 4) is 0 Å². The van der Waals surface area contributed by atoms with Gasteiger partial charge in [-0.3, -0.25) is 4.90 Å². The van der Waals surface area contributed by atoms with Crippen molar-refractivity contribution in [2.24, 2.45) is 0 Å². The van der Waals surface area contributed by atoms with E-state index in [-0.39, 0.29) is 6.09 Å². The van der Waals surface area contributed by atoms with Crippen molar-refractivity contribution in [2.75, 3.05) is 13.1 Å². The number of halogens is 1. The predicted octanol–water partition coefficient (Wildman–Crippen LogP) is 3.61. The average Bonchev–Trinajstić information content (AvgIpc) is 2.47. The SMILES string of the molecule is CC(C)(C)OC(=O)NC[C@H]1CCCCN1Cc1ccc(Cl)nc1. The standard InChI is InChI=1S/C17H26ClN3O2/c1-17(2,3)23-16(22)20-11-14-6-4-5-9-21(14)12-13-7-8-15(18)19-10-13/h7-8,10,14H,4-6,9,11-12H2,1-3H3,(H,20,22)/t14-/m1/s1. The molecule has 0 radical (unpaired) electrons. The highest BCUT2D eigenvalue weighted by Crippen LogP contribution is 2.19. The molecule has 2 heterocycles. The fourth-order valence-corrected chi connectivity index (χ4v) is 2.86. The minimum Gasteiger partial charge on any atom is -0.444 e. The van der Waals surface area contributed by atoms with Gasteiger partial charge in [0.2, 0.25) is 0 Å². The molecule has 1 fully saturated rings. The van der Waals surface area contributed by atoms with Gasteiger partial charge in [-0.15, -0.1) is 0 Å². The van der Waals surface area contributed by atoms with Gasteiger partial charge in [0.25, 0.3) is 0 Å². The lowest BCUT2D eigenvalue weighted by atomic mass is 10.0. The molecular weight excluding hydrogens is 314 g/mol. The Kier molecular flexibility index (Phi) is 6.25. The van der Waals surface area contributed by atoms with E-state index in [9.17, 15) is 4.79 Å². The number of alkyl carbamates (subject to hydrolysis) is 1. The molecule has 0 unspecified atom stereocenters. The fourth-order valence-electron chi connectivity index (χ4n) is 2.75. The number of amides is 1. The molecule has 1 aromatic heterocycles. The number of hydrogen-bond donors (Lipinski definition) is 1. The van der Waals surface area contributed by atoms with Crippen molar-refractivity contribution >= 4 is 17.7 Å². The van der Waals surface area contributed by atoms with E-state index in [0.29, 0.717) is 17.7 Å². The molecule has 2 rings (SSSR count). The Hall–Kier alpha value is -1.33. The molecule has 1 amide bonds. The number of nitrogens with one attached hydrogen (secondary N) is 1. The number of pyridine rings is 1. The number of carbonyl (C=O) groups is 1. The van der Waals surface area contributed by atoms with E-state index in [4.69, 9.17) is 16.3 Å². The number of aromatic nitrogens is 1. The summed E-state index contributed by atoms with van der Waals surface area (Å²) in [7, 11) is 0. The van der Waals surface area contributed by atoms with Gasteiger partial charge in [-0.1, -0.05) is 24.1 Å². The second-order valence-corrected chi connectivity index (χ2v) is 7.38. The first kappa shape index (κ1) is 18.0. The molecule has 1 N–H and O–H groups in total. The molecule has 0 saturated carbocycles. The normalized spacial score (nSPS) is 19.4. The lowest BCUT2D eigenvalue weighted by Crippen LogP contribution is -2.47. The first-order valence-electron chi connectivity index (χ1n) is 8.15. The van der Waals surface area contributed by atoms with Crippen LogP contribution in [-0.4, -0.2) is 40.7 Å². The lowest BCUT2D eigenvalue weighted by Gasteiger charge is -2.36. The molecule has 1 atom stereocenters. The molecule has 0 spiro atoms. The van der Waals surface area contributed by atoms with Crippen molar-refractivity contribution in [1.29, 1.82) is 0 Å². The van der Waals surface area contributed by atoms with Gasteiger partial charge in [-0.25, -0.2) is 9.78 Å². The predicted molar refractivity (Wildman–Crippen MR) is 91.5 cm³/mol. The van der Waals surface area contributed by atoms with E-state index in [1.807, 2.05) is 39.1 Å². The zero-order valence-corrected chi connectivity index (χ0v) is 14.9. The first-order valence-corrected chi connectivity index (χ1v) is 8.52. The van der Waals surface area contributed by atoms with E-state index < -0.39 is 5.60 Å². The summed E-state index contributed by atoms with van der Waals surface area (Å²) in [6.07, 6.45) is 4.92. The van der Waals surface area contributed by atoms with Crippen LogP contribution in [0.15, 0.2) is 18.3 Å². The molecule has 1 saturated heterocycles. The van der Waals surface area contributed by atoms with Crippen molar-refractivity contribution in [1.82, 2.24) is 15.2 Å². The molecule has 23 heavy (non-hydrogen) atoms. The van der Waals surface area contributed by atoms with Gasteiger partial charge >= 0.3 is 6.09 Å². The molecule has 128 valence electrons. The number of rotatable bonds is 4. The molecular formula is C17H26ClN3O2. The van der Waals surface area contributed by atoms with Crippen LogP contribution in [0.25, 0.3) is 0 Å². The highest BCUT2D eigenvalue weighted by molar-refractivity contribution is 6.29. The summed E-state index contributed by atoms with van der Waals surface area (Å²) in [6.45, 7) is 8.07. The Bertz CT molecular complexity index is 514. The van der Waals surface area contributed by atoms with E-state index >= 15 is 0 Å². The highest BCUT2D eigenvalue weighted by atomic mass is 35.5. The zero-order chi connectivity index (χ0) is 16.9. The van der Waals surface area contributed by atoms with Crippen molar-refractivity contribution in [2.45, 2.75) is 58.2 Å². The third kappa shape index (κ3) is 6.36. The second kappa shape index (κ2) is 7.97. The fraction of sp³-hybridized carbons (Fsp3) is 0.647. The van der Waals surface area contributed by atoms with Crippen LogP contribution in [-0.2, 0) is 11.3 Å². The highest BCUT2D eigenvalue weighted by Gasteiger charge is 2.24. The van der Waals surface area contributed by atoms with E-state index in [0.717, 1.165) is 25.1 Å². The molecule has 0 aromatic carbocycles. The van der Waals surface area contributed by atoms with E-state index in [1.165, 1.54) is 12.8 Å². The lowest BCUT2D eigenvalue weighted by molar-refractivity contribution is 0.0492. The molecule has 5 nitrogen and oxygen atoms in total. The van der Waals surface area contributed by atoms with E-state index in [1.54, 1.807) is 0 Å². The van der Waals surface area contributed by atoms with Crippen molar-refractivity contribution < 1.29 is 9.53 Å². The Labute approximate surface area is 143 Å². The smallest absolute Gasteiger partial charge is 0.407 e. The Morgan fingerprint density at radius 2 is 2.22 bits per heavy atom. The molecule has 6 heteroatoms. The summed E-state index contributed by atoms with van der Waals surface area (Å²) >= 11 is 5.83. The maximum Gasteiger partial charge on any atom is 0.407 e. The maximum absolute atomic E-state index is 11.8. The summed E-state index contributed by atoms with van der Waals surface area (Å²) in [6, 6.07) is 4.14. The van der Waals surface area contributed by atoms with Gasteiger partial charge < -0.3 is 10.1 Å². The van der Waals surface area contributed by atoms with Gasteiger partial charge in [0, 0.05) is 25.3 Å². The van der Waals surface area contributed by atoms with Crippen LogP contribution >= 0.6 is 11.6 Å². The first-order chi connectivity index (χ1) is 10.8. The summed E-state index contributed by atoms with van der Waals surface area (Å²) in [5, 5.41) is 3.40. The third-order valence-corrected chi connectivity index (χ3v) is 4.03. The number of likely N-dealkylation sites (tertiary alicyclic amines) is 1. The van der Waals surface area contributed by atoms with E-state index in [2.05, 4.69) is 15.2 Å². The molecule has 0 aliphatic carbocycles. The van der Waals surface area contributed by atoms with Gasteiger partial charge in [0.1, 0.15) is 10.8 Å². The Morgan fingerprint density at radius 1 is 1.43 bits per heavy atom. The number of carbonyl (C=O) groups excluding carboxylic acids is 1. The minimum atomic E-state index is -0.467. The van der Waals surface area contributed by atoms with Crippen LogP contribution in [0.4, 0.5) is 4.79 Å². The topological polar surface area (TPSA) is 54.5 Å². The Balaban J connectivity index is 1.88. The third-order valence-electron chi connectivity index (χ3n) is 3.80. The summed E-state index contributed by atoms with van der Waals surface area (Å²) < 4.78 is 5.30. The van der Waals surface area contributed by atoms with Gasteiger partial charge in [-0.2, -0.15) is 0 Å². The zero-order valence-electron chi connectivity index (χ0n) is 14.1. The largest absolute Gasteiger partial charge is 0.444 e. The monoisotopic (exact) mass is 339 g/mol. The van der Waals surface area contributed by atoms with Crippen LogP contribution < -0.4 is 5.32 Å². The minimum absolute atomic E-state index is 0.326. The van der Waals surface area contributed by atoms with Crippen molar-refractivity contribution in [3.05, 3.63) is 29.0 Å². The van der Waals surface area contributed by atoms with Crippen LogP contribution in [0, 0.1) is 0 Å². The number of hydrogen-bond acceptors (Lipinski definition) is 4. The Morgan fingerprint density at radius 3 is 2.87 bits per heavy atom. The molecule has 1 aromatic rings. The number of ether oxygens (including phenoxy) is 1. The molecule has 1 aliphatic heterocycles.